The normalized spacial score (nSPS) is 18.1. The van der Waals surface area contributed by atoms with Crippen LogP contribution in [0.1, 0.15) is 24.7 Å². The van der Waals surface area contributed by atoms with Crippen LogP contribution in [0.2, 0.25) is 0 Å². The molecule has 2 aliphatic rings. The predicted molar refractivity (Wildman–Crippen MR) is 117 cm³/mol. The molecule has 2 fully saturated rings. The van der Waals surface area contributed by atoms with Crippen molar-refractivity contribution in [1.82, 2.24) is 34.9 Å². The minimum absolute atomic E-state index is 0.187. The number of carbonyl (C=O) groups excluding carboxylic acids is 1. The minimum Gasteiger partial charge on any atom is -0.339 e. The predicted octanol–water partition coefficient (Wildman–Crippen LogP) is 1.45. The van der Waals surface area contributed by atoms with Gasteiger partial charge in [0, 0.05) is 50.7 Å². The van der Waals surface area contributed by atoms with Crippen LogP contribution in [0.25, 0.3) is 11.5 Å². The molecule has 1 amide bonds. The molecule has 5 rings (SSSR count). The zero-order valence-electron chi connectivity index (χ0n) is 17.9. The first kappa shape index (κ1) is 20.5. The molecule has 166 valence electrons. The summed E-state index contributed by atoms with van der Waals surface area (Å²) in [5.41, 5.74) is 0.712. The first-order valence-electron chi connectivity index (χ1n) is 11.0. The first-order valence-corrected chi connectivity index (χ1v) is 11.0. The van der Waals surface area contributed by atoms with Crippen molar-refractivity contribution in [2.75, 3.05) is 50.7 Å². The Labute approximate surface area is 186 Å². The third kappa shape index (κ3) is 4.59. The molecule has 0 N–H and O–H groups in total. The number of carbonyl (C=O) groups is 1. The number of piperidine rings is 1. The van der Waals surface area contributed by atoms with Crippen molar-refractivity contribution < 1.29 is 9.32 Å². The first-order chi connectivity index (χ1) is 15.8. The second-order valence-electron chi connectivity index (χ2n) is 8.14. The molecular formula is C22H26N8O2. The molecule has 3 aromatic heterocycles. The summed E-state index contributed by atoms with van der Waals surface area (Å²) >= 11 is 0. The maximum absolute atomic E-state index is 12.8. The quantitative estimate of drug-likeness (QED) is 0.590. The van der Waals surface area contributed by atoms with Crippen molar-refractivity contribution in [3.63, 3.8) is 0 Å². The zero-order valence-corrected chi connectivity index (χ0v) is 17.9. The molecule has 10 heteroatoms. The molecule has 0 saturated carbocycles. The Balaban J connectivity index is 1.09. The summed E-state index contributed by atoms with van der Waals surface area (Å²) in [6.45, 7) is 5.06. The summed E-state index contributed by atoms with van der Waals surface area (Å²) in [5.74, 6) is 2.33. The van der Waals surface area contributed by atoms with Gasteiger partial charge in [0.15, 0.2) is 0 Å². The fourth-order valence-corrected chi connectivity index (χ4v) is 4.24. The number of hydrogen-bond acceptors (Lipinski definition) is 9. The van der Waals surface area contributed by atoms with Gasteiger partial charge in [-0.2, -0.15) is 4.98 Å². The van der Waals surface area contributed by atoms with Crippen LogP contribution in [0.5, 0.6) is 0 Å². The Kier molecular flexibility index (Phi) is 6.02. The largest absolute Gasteiger partial charge is 0.339 e. The summed E-state index contributed by atoms with van der Waals surface area (Å²) in [5, 5.41) is 4.08. The Hall–Kier alpha value is -3.40. The standard InChI is InChI=1S/C22H26N8O2/c31-19(29-12-14-30(15-13-29)22-24-8-3-9-25-22)16-28-10-5-17(6-11-28)21-26-20(27-32-21)18-4-1-2-7-23-18/h1-4,7-9,17H,5-6,10-16H2. The second kappa shape index (κ2) is 9.39. The number of amides is 1. The van der Waals surface area contributed by atoms with Crippen molar-refractivity contribution in [2.45, 2.75) is 18.8 Å². The van der Waals surface area contributed by atoms with Crippen LogP contribution >= 0.6 is 0 Å². The molecule has 0 radical (unpaired) electrons. The molecule has 2 saturated heterocycles. The second-order valence-corrected chi connectivity index (χ2v) is 8.14. The number of aromatic nitrogens is 5. The van der Waals surface area contributed by atoms with E-state index in [9.17, 15) is 4.79 Å². The van der Waals surface area contributed by atoms with Gasteiger partial charge in [-0.15, -0.1) is 0 Å². The molecule has 0 atom stereocenters. The number of likely N-dealkylation sites (tertiary alicyclic amines) is 1. The molecule has 0 spiro atoms. The summed E-state index contributed by atoms with van der Waals surface area (Å²) in [4.78, 5) is 36.5. The van der Waals surface area contributed by atoms with Crippen molar-refractivity contribution >= 4 is 11.9 Å². The summed E-state index contributed by atoms with van der Waals surface area (Å²) in [7, 11) is 0. The maximum Gasteiger partial charge on any atom is 0.236 e. The van der Waals surface area contributed by atoms with Crippen LogP contribution in [0.3, 0.4) is 0 Å². The van der Waals surface area contributed by atoms with E-state index in [0.717, 1.165) is 45.0 Å². The fraction of sp³-hybridized carbons (Fsp3) is 0.455. The van der Waals surface area contributed by atoms with Crippen LogP contribution in [-0.4, -0.2) is 86.6 Å². The minimum atomic E-state index is 0.187. The van der Waals surface area contributed by atoms with E-state index in [1.54, 1.807) is 18.6 Å². The summed E-state index contributed by atoms with van der Waals surface area (Å²) in [6, 6.07) is 7.45. The van der Waals surface area contributed by atoms with Crippen LogP contribution < -0.4 is 4.90 Å². The molecule has 32 heavy (non-hydrogen) atoms. The van der Waals surface area contributed by atoms with E-state index in [1.807, 2.05) is 29.2 Å². The fourth-order valence-electron chi connectivity index (χ4n) is 4.24. The Morgan fingerprint density at radius 2 is 1.69 bits per heavy atom. The average molecular weight is 435 g/mol. The SMILES string of the molecule is O=C(CN1CCC(c2nc(-c3ccccn3)no2)CC1)N1CCN(c2ncccn2)CC1. The molecular weight excluding hydrogens is 408 g/mol. The lowest BCUT2D eigenvalue weighted by Crippen LogP contribution is -2.52. The number of rotatable bonds is 5. The van der Waals surface area contributed by atoms with E-state index < -0.39 is 0 Å². The van der Waals surface area contributed by atoms with Gasteiger partial charge in [0.05, 0.1) is 6.54 Å². The molecule has 0 bridgehead atoms. The smallest absolute Gasteiger partial charge is 0.236 e. The zero-order chi connectivity index (χ0) is 21.8. The molecule has 0 aliphatic carbocycles. The lowest BCUT2D eigenvalue weighted by atomic mass is 9.97. The van der Waals surface area contributed by atoms with Gasteiger partial charge in [0.2, 0.25) is 23.6 Å². The maximum atomic E-state index is 12.8. The molecule has 2 aliphatic heterocycles. The highest BCUT2D eigenvalue weighted by Gasteiger charge is 2.28. The van der Waals surface area contributed by atoms with Crippen LogP contribution in [0.4, 0.5) is 5.95 Å². The van der Waals surface area contributed by atoms with Crippen LogP contribution in [0, 0.1) is 0 Å². The molecule has 0 unspecified atom stereocenters. The van der Waals surface area contributed by atoms with Gasteiger partial charge in [-0.25, -0.2) is 9.97 Å². The van der Waals surface area contributed by atoms with Gasteiger partial charge in [-0.1, -0.05) is 11.2 Å². The average Bonchev–Trinajstić information content (AvgIpc) is 3.36. The third-order valence-electron chi connectivity index (χ3n) is 6.10. The van der Waals surface area contributed by atoms with Gasteiger partial charge in [0.25, 0.3) is 0 Å². The molecule has 5 heterocycles. The van der Waals surface area contributed by atoms with E-state index >= 15 is 0 Å². The van der Waals surface area contributed by atoms with E-state index in [-0.39, 0.29) is 11.8 Å². The Bertz CT molecular complexity index is 1010. The van der Waals surface area contributed by atoms with Gasteiger partial charge in [0.1, 0.15) is 5.69 Å². The van der Waals surface area contributed by atoms with Crippen LogP contribution in [0.15, 0.2) is 47.4 Å². The van der Waals surface area contributed by atoms with Crippen molar-refractivity contribution in [2.24, 2.45) is 0 Å². The van der Waals surface area contributed by atoms with E-state index in [2.05, 4.69) is 34.9 Å². The van der Waals surface area contributed by atoms with E-state index in [1.165, 1.54) is 0 Å². The van der Waals surface area contributed by atoms with Crippen molar-refractivity contribution in [1.29, 1.82) is 0 Å². The van der Waals surface area contributed by atoms with Gasteiger partial charge in [-0.05, 0) is 44.1 Å². The monoisotopic (exact) mass is 434 g/mol. The summed E-state index contributed by atoms with van der Waals surface area (Å²) < 4.78 is 5.51. The highest BCUT2D eigenvalue weighted by atomic mass is 16.5. The Morgan fingerprint density at radius 1 is 0.938 bits per heavy atom. The van der Waals surface area contributed by atoms with Crippen molar-refractivity contribution in [3.8, 4) is 11.5 Å². The van der Waals surface area contributed by atoms with Gasteiger partial charge in [-0.3, -0.25) is 14.7 Å². The number of nitrogens with zero attached hydrogens (tertiary/aromatic N) is 8. The van der Waals surface area contributed by atoms with Gasteiger partial charge >= 0.3 is 0 Å². The lowest BCUT2D eigenvalue weighted by Gasteiger charge is -2.36. The van der Waals surface area contributed by atoms with E-state index in [4.69, 9.17) is 4.52 Å². The highest BCUT2D eigenvalue weighted by Crippen LogP contribution is 2.28. The molecule has 10 nitrogen and oxygen atoms in total. The van der Waals surface area contributed by atoms with Crippen molar-refractivity contribution in [3.05, 3.63) is 48.7 Å². The molecule has 3 aromatic rings. The van der Waals surface area contributed by atoms with E-state index in [0.29, 0.717) is 37.0 Å². The number of hydrogen-bond donors (Lipinski definition) is 0. The topological polar surface area (TPSA) is 104 Å². The lowest BCUT2D eigenvalue weighted by molar-refractivity contribution is -0.133. The number of piperazine rings is 1. The molecule has 0 aromatic carbocycles. The van der Waals surface area contributed by atoms with Crippen LogP contribution in [-0.2, 0) is 4.79 Å². The number of pyridine rings is 1. The number of anilines is 1. The third-order valence-corrected chi connectivity index (χ3v) is 6.10. The van der Waals surface area contributed by atoms with Gasteiger partial charge < -0.3 is 14.3 Å². The Morgan fingerprint density at radius 3 is 2.41 bits per heavy atom. The highest BCUT2D eigenvalue weighted by molar-refractivity contribution is 5.78. The summed E-state index contributed by atoms with van der Waals surface area (Å²) in [6.07, 6.45) is 7.01.